The van der Waals surface area contributed by atoms with Gasteiger partial charge in [-0.15, -0.1) is 11.8 Å². The van der Waals surface area contributed by atoms with Crippen molar-refractivity contribution < 1.29 is 13.9 Å². The monoisotopic (exact) mass is 322 g/mol. The fourth-order valence-electron chi connectivity index (χ4n) is 2.95. The molecule has 23 heavy (non-hydrogen) atoms. The number of furan rings is 1. The van der Waals surface area contributed by atoms with Gasteiger partial charge in [0.25, 0.3) is 0 Å². The number of methoxy groups -OCH3 is 1. The van der Waals surface area contributed by atoms with Crippen LogP contribution < -0.4 is 10.6 Å². The summed E-state index contributed by atoms with van der Waals surface area (Å²) >= 11 is 1.57. The van der Waals surface area contributed by atoms with Gasteiger partial charge in [0, 0.05) is 16.0 Å². The SMILES string of the molecule is COC(=O)C1=c2c(oc3ccccc23)=CSC1c1ccccc1. The number of fused-ring (bicyclic) bond motifs is 3. The topological polar surface area (TPSA) is 39.4 Å². The van der Waals surface area contributed by atoms with E-state index in [1.165, 1.54) is 7.11 Å². The van der Waals surface area contributed by atoms with Crippen LogP contribution in [0.25, 0.3) is 22.0 Å². The predicted molar refractivity (Wildman–Crippen MR) is 92.1 cm³/mol. The molecule has 0 spiro atoms. The van der Waals surface area contributed by atoms with Crippen molar-refractivity contribution in [3.8, 4) is 0 Å². The smallest absolute Gasteiger partial charge is 0.336 e. The fraction of sp³-hybridized carbons (Fsp3) is 0.105. The molecule has 1 unspecified atom stereocenters. The number of carbonyl (C=O) groups excluding carboxylic acids is 1. The summed E-state index contributed by atoms with van der Waals surface area (Å²) < 4.78 is 11.0. The Morgan fingerprint density at radius 1 is 1.09 bits per heavy atom. The summed E-state index contributed by atoms with van der Waals surface area (Å²) in [5, 5.41) is 3.68. The third-order valence-electron chi connectivity index (χ3n) is 3.97. The molecule has 2 aromatic carbocycles. The zero-order valence-corrected chi connectivity index (χ0v) is 13.3. The van der Waals surface area contributed by atoms with Crippen molar-refractivity contribution in [2.75, 3.05) is 7.11 Å². The maximum Gasteiger partial charge on any atom is 0.336 e. The first-order chi connectivity index (χ1) is 11.3. The van der Waals surface area contributed by atoms with Crippen LogP contribution in [-0.4, -0.2) is 13.1 Å². The highest BCUT2D eigenvalue weighted by atomic mass is 32.2. The van der Waals surface area contributed by atoms with Crippen LogP contribution in [0.15, 0.2) is 59.0 Å². The van der Waals surface area contributed by atoms with E-state index in [9.17, 15) is 4.79 Å². The number of esters is 1. The summed E-state index contributed by atoms with van der Waals surface area (Å²) in [6.45, 7) is 0. The average molecular weight is 322 g/mol. The standard InChI is InChI=1S/C19H14O3S/c1-21-19(20)17-16-13-9-5-6-10-14(13)22-15(16)11-23-18(17)12-7-3-2-4-8-12/h2-11,18H,1H3. The van der Waals surface area contributed by atoms with Gasteiger partial charge in [0.1, 0.15) is 11.0 Å². The highest BCUT2D eigenvalue weighted by Crippen LogP contribution is 2.39. The maximum absolute atomic E-state index is 12.5. The van der Waals surface area contributed by atoms with Gasteiger partial charge >= 0.3 is 5.97 Å². The normalized spacial score (nSPS) is 16.7. The van der Waals surface area contributed by atoms with Crippen molar-refractivity contribution in [2.45, 2.75) is 5.25 Å². The van der Waals surface area contributed by atoms with Gasteiger partial charge in [0.2, 0.25) is 0 Å². The Labute approximate surface area is 137 Å². The summed E-state index contributed by atoms with van der Waals surface area (Å²) in [6.07, 6.45) is 0. The highest BCUT2D eigenvalue weighted by Gasteiger charge is 2.29. The van der Waals surface area contributed by atoms with Crippen molar-refractivity contribution in [2.24, 2.45) is 0 Å². The number of thioether (sulfide) groups is 1. The number of hydrogen-bond donors (Lipinski definition) is 0. The van der Waals surface area contributed by atoms with Gasteiger partial charge in [-0.3, -0.25) is 0 Å². The summed E-state index contributed by atoms with van der Waals surface area (Å²) in [5.41, 5.74) is 3.23. The zero-order valence-electron chi connectivity index (χ0n) is 12.5. The van der Waals surface area contributed by atoms with Gasteiger partial charge in [0.15, 0.2) is 0 Å². The van der Waals surface area contributed by atoms with Gasteiger partial charge in [-0.05, 0) is 11.6 Å². The molecule has 0 saturated carbocycles. The van der Waals surface area contributed by atoms with Crippen molar-refractivity contribution >= 4 is 39.7 Å². The number of benzene rings is 2. The first-order valence-corrected chi connectivity index (χ1v) is 8.24. The average Bonchev–Trinajstić information content (AvgIpc) is 2.99. The predicted octanol–water partition coefficient (Wildman–Crippen LogP) is 2.98. The molecule has 3 aromatic rings. The van der Waals surface area contributed by atoms with E-state index in [-0.39, 0.29) is 11.2 Å². The molecule has 4 heteroatoms. The minimum absolute atomic E-state index is 0.0999. The van der Waals surface area contributed by atoms with Crippen molar-refractivity contribution in [3.63, 3.8) is 0 Å². The Morgan fingerprint density at radius 3 is 2.61 bits per heavy atom. The van der Waals surface area contributed by atoms with Gasteiger partial charge < -0.3 is 9.15 Å². The molecule has 1 atom stereocenters. The van der Waals surface area contributed by atoms with Crippen LogP contribution in [0.3, 0.4) is 0 Å². The molecule has 1 aromatic heterocycles. The van der Waals surface area contributed by atoms with Gasteiger partial charge in [-0.2, -0.15) is 0 Å². The molecule has 0 amide bonds. The second-order valence-corrected chi connectivity index (χ2v) is 6.27. The molecule has 1 aliphatic rings. The number of rotatable bonds is 2. The van der Waals surface area contributed by atoms with E-state index in [2.05, 4.69) is 0 Å². The van der Waals surface area contributed by atoms with E-state index in [0.29, 0.717) is 5.57 Å². The highest BCUT2D eigenvalue weighted by molar-refractivity contribution is 8.07. The zero-order chi connectivity index (χ0) is 15.8. The molecule has 0 bridgehead atoms. The minimum Gasteiger partial charge on any atom is -0.466 e. The second kappa shape index (κ2) is 5.63. The third kappa shape index (κ3) is 2.26. The number of para-hydroxylation sites is 1. The lowest BCUT2D eigenvalue weighted by molar-refractivity contribution is -0.134. The molecule has 0 radical (unpaired) electrons. The van der Waals surface area contributed by atoms with Crippen LogP contribution in [0.4, 0.5) is 0 Å². The quantitative estimate of drug-likeness (QED) is 0.680. The van der Waals surface area contributed by atoms with Crippen molar-refractivity contribution in [3.05, 3.63) is 70.8 Å². The third-order valence-corrected chi connectivity index (χ3v) is 5.10. The summed E-state index contributed by atoms with van der Waals surface area (Å²) in [7, 11) is 1.42. The van der Waals surface area contributed by atoms with Crippen LogP contribution in [0.5, 0.6) is 0 Å². The Hall–Kier alpha value is -2.46. The molecule has 0 N–H and O–H groups in total. The van der Waals surface area contributed by atoms with Crippen LogP contribution in [-0.2, 0) is 9.53 Å². The number of carbonyl (C=O) groups is 1. The van der Waals surface area contributed by atoms with E-state index in [0.717, 1.165) is 27.2 Å². The van der Waals surface area contributed by atoms with Crippen LogP contribution in [0, 0.1) is 0 Å². The lowest BCUT2D eigenvalue weighted by atomic mass is 10.0. The summed E-state index contributed by atoms with van der Waals surface area (Å²) in [5.74, 6) is -0.313. The lowest BCUT2D eigenvalue weighted by Gasteiger charge is -2.19. The minimum atomic E-state index is -0.313. The second-order valence-electron chi connectivity index (χ2n) is 5.29. The Balaban J connectivity index is 2.09. The fourth-order valence-corrected chi connectivity index (χ4v) is 4.04. The van der Waals surface area contributed by atoms with Gasteiger partial charge in [-0.1, -0.05) is 48.5 Å². The Morgan fingerprint density at radius 2 is 1.83 bits per heavy atom. The van der Waals surface area contributed by atoms with Crippen LogP contribution >= 0.6 is 11.8 Å². The molecule has 4 rings (SSSR count). The van der Waals surface area contributed by atoms with Gasteiger partial charge in [-0.25, -0.2) is 4.79 Å². The largest absolute Gasteiger partial charge is 0.466 e. The number of ether oxygens (including phenoxy) is 1. The van der Waals surface area contributed by atoms with Crippen LogP contribution in [0.1, 0.15) is 10.8 Å². The number of hydrogen-bond acceptors (Lipinski definition) is 4. The van der Waals surface area contributed by atoms with Crippen molar-refractivity contribution in [1.29, 1.82) is 0 Å². The van der Waals surface area contributed by atoms with E-state index < -0.39 is 0 Å². The van der Waals surface area contributed by atoms with E-state index in [4.69, 9.17) is 9.15 Å². The molecule has 3 nitrogen and oxygen atoms in total. The van der Waals surface area contributed by atoms with Gasteiger partial charge in [0.05, 0.1) is 17.9 Å². The molecule has 114 valence electrons. The molecule has 2 heterocycles. The molecular weight excluding hydrogens is 308 g/mol. The lowest BCUT2D eigenvalue weighted by Crippen LogP contribution is -2.31. The summed E-state index contributed by atoms with van der Waals surface area (Å²) in [4.78, 5) is 12.5. The molecule has 0 fully saturated rings. The first-order valence-electron chi connectivity index (χ1n) is 7.30. The Bertz CT molecular complexity index is 1000. The summed E-state index contributed by atoms with van der Waals surface area (Å²) in [6, 6.07) is 17.8. The van der Waals surface area contributed by atoms with E-state index >= 15 is 0 Å². The molecular formula is C19H14O3S. The molecule has 1 aliphatic heterocycles. The van der Waals surface area contributed by atoms with E-state index in [1.807, 2.05) is 60.0 Å². The van der Waals surface area contributed by atoms with Crippen LogP contribution in [0.2, 0.25) is 0 Å². The first kappa shape index (κ1) is 14.2. The van der Waals surface area contributed by atoms with E-state index in [1.54, 1.807) is 11.8 Å². The maximum atomic E-state index is 12.5. The van der Waals surface area contributed by atoms with Crippen molar-refractivity contribution in [1.82, 2.24) is 0 Å². The molecule has 0 aliphatic carbocycles. The Kier molecular flexibility index (Phi) is 3.46. The molecule has 0 saturated heterocycles.